The number of carbonyl (C=O) groups excluding carboxylic acids is 1. The van der Waals surface area contributed by atoms with Gasteiger partial charge in [0.1, 0.15) is 0 Å². The Bertz CT molecular complexity index is 488. The lowest BCUT2D eigenvalue weighted by atomic mass is 10.1. The molecule has 4 nitrogen and oxygen atoms in total. The van der Waals surface area contributed by atoms with Gasteiger partial charge < -0.3 is 15.4 Å². The summed E-state index contributed by atoms with van der Waals surface area (Å²) in [6, 6.07) is 6.28. The lowest BCUT2D eigenvalue weighted by Gasteiger charge is -2.32. The highest BCUT2D eigenvalue weighted by atomic mass is 16.5. The summed E-state index contributed by atoms with van der Waals surface area (Å²) in [4.78, 5) is 14.4. The standard InChI is InChI=1S/C17H26N2O2/c1-3-13-8-6-5-7-11-19(13)14-9-10-16(18)15(12-14)17(20)21-4-2/h9-10,12-13H,3-8,11,18H2,1-2H3. The van der Waals surface area contributed by atoms with E-state index in [0.717, 1.165) is 18.7 Å². The van der Waals surface area contributed by atoms with Gasteiger partial charge in [-0.25, -0.2) is 4.79 Å². The van der Waals surface area contributed by atoms with Crippen molar-refractivity contribution in [2.75, 3.05) is 23.8 Å². The third kappa shape index (κ3) is 3.69. The Labute approximate surface area is 127 Å². The Morgan fingerprint density at radius 1 is 1.33 bits per heavy atom. The predicted molar refractivity (Wildman–Crippen MR) is 86.7 cm³/mol. The molecule has 2 rings (SSSR count). The average Bonchev–Trinajstić information content (AvgIpc) is 2.73. The van der Waals surface area contributed by atoms with Crippen molar-refractivity contribution in [1.82, 2.24) is 0 Å². The van der Waals surface area contributed by atoms with Crippen molar-refractivity contribution in [2.24, 2.45) is 0 Å². The van der Waals surface area contributed by atoms with E-state index in [-0.39, 0.29) is 5.97 Å². The van der Waals surface area contributed by atoms with E-state index in [4.69, 9.17) is 10.5 Å². The van der Waals surface area contributed by atoms with Gasteiger partial charge in [0.25, 0.3) is 0 Å². The van der Waals surface area contributed by atoms with Crippen molar-refractivity contribution in [2.45, 2.75) is 52.0 Å². The topological polar surface area (TPSA) is 55.6 Å². The molecule has 0 bridgehead atoms. The van der Waals surface area contributed by atoms with E-state index in [1.807, 2.05) is 18.2 Å². The van der Waals surface area contributed by atoms with Gasteiger partial charge in [0.2, 0.25) is 0 Å². The number of carbonyl (C=O) groups is 1. The third-order valence-corrected chi connectivity index (χ3v) is 4.21. The summed E-state index contributed by atoms with van der Waals surface area (Å²) in [5, 5.41) is 0. The minimum Gasteiger partial charge on any atom is -0.462 e. The van der Waals surface area contributed by atoms with Gasteiger partial charge >= 0.3 is 5.97 Å². The van der Waals surface area contributed by atoms with Crippen LogP contribution in [0.15, 0.2) is 18.2 Å². The average molecular weight is 290 g/mol. The summed E-state index contributed by atoms with van der Waals surface area (Å²) < 4.78 is 5.09. The molecule has 1 heterocycles. The number of rotatable bonds is 4. The molecular weight excluding hydrogens is 264 g/mol. The number of nitrogen functional groups attached to an aromatic ring is 1. The van der Waals surface area contributed by atoms with E-state index in [1.165, 1.54) is 25.7 Å². The van der Waals surface area contributed by atoms with Crippen molar-refractivity contribution >= 4 is 17.3 Å². The minimum absolute atomic E-state index is 0.334. The molecule has 116 valence electrons. The Balaban J connectivity index is 2.29. The number of hydrogen-bond acceptors (Lipinski definition) is 4. The van der Waals surface area contributed by atoms with E-state index in [9.17, 15) is 4.79 Å². The first kappa shape index (κ1) is 15.7. The maximum Gasteiger partial charge on any atom is 0.340 e. The number of anilines is 2. The zero-order valence-electron chi connectivity index (χ0n) is 13.1. The molecule has 0 saturated carbocycles. The summed E-state index contributed by atoms with van der Waals surface area (Å²) in [5.41, 5.74) is 7.98. The number of benzene rings is 1. The monoisotopic (exact) mass is 290 g/mol. The SMILES string of the molecule is CCOC(=O)c1cc(N2CCCCCC2CC)ccc1N. The molecule has 4 heteroatoms. The first-order valence-corrected chi connectivity index (χ1v) is 8.00. The molecule has 1 aliphatic rings. The van der Waals surface area contributed by atoms with E-state index in [1.54, 1.807) is 6.92 Å². The number of ether oxygens (including phenoxy) is 1. The fourth-order valence-corrected chi connectivity index (χ4v) is 3.05. The molecule has 21 heavy (non-hydrogen) atoms. The molecule has 1 unspecified atom stereocenters. The van der Waals surface area contributed by atoms with Gasteiger partial charge in [0.15, 0.2) is 0 Å². The van der Waals surface area contributed by atoms with Crippen molar-refractivity contribution < 1.29 is 9.53 Å². The summed E-state index contributed by atoms with van der Waals surface area (Å²) in [5.74, 6) is -0.334. The molecule has 0 spiro atoms. The second kappa shape index (κ2) is 7.34. The summed E-state index contributed by atoms with van der Waals surface area (Å²) >= 11 is 0. The summed E-state index contributed by atoms with van der Waals surface area (Å²) in [6.45, 7) is 5.45. The molecule has 0 aromatic heterocycles. The zero-order valence-corrected chi connectivity index (χ0v) is 13.1. The van der Waals surface area contributed by atoms with E-state index in [0.29, 0.717) is 23.9 Å². The van der Waals surface area contributed by atoms with Gasteiger partial charge in [0, 0.05) is 24.0 Å². The van der Waals surface area contributed by atoms with Crippen LogP contribution < -0.4 is 10.6 Å². The number of hydrogen-bond donors (Lipinski definition) is 1. The minimum atomic E-state index is -0.334. The van der Waals surface area contributed by atoms with Crippen LogP contribution in [0.2, 0.25) is 0 Å². The van der Waals surface area contributed by atoms with Crippen LogP contribution in [0.25, 0.3) is 0 Å². The predicted octanol–water partition coefficient (Wildman–Crippen LogP) is 3.60. The first-order valence-electron chi connectivity index (χ1n) is 8.00. The second-order valence-electron chi connectivity index (χ2n) is 5.60. The highest BCUT2D eigenvalue weighted by Gasteiger charge is 2.21. The van der Waals surface area contributed by atoms with Crippen molar-refractivity contribution in [1.29, 1.82) is 0 Å². The molecule has 2 N–H and O–H groups in total. The second-order valence-corrected chi connectivity index (χ2v) is 5.60. The molecular formula is C17H26N2O2. The molecule has 1 aromatic rings. The molecule has 1 aromatic carbocycles. The summed E-state index contributed by atoms with van der Waals surface area (Å²) in [7, 11) is 0. The molecule has 0 radical (unpaired) electrons. The van der Waals surface area contributed by atoms with Gasteiger partial charge in [-0.3, -0.25) is 0 Å². The van der Waals surface area contributed by atoms with Gasteiger partial charge in [-0.2, -0.15) is 0 Å². The largest absolute Gasteiger partial charge is 0.462 e. The molecule has 0 aliphatic carbocycles. The van der Waals surface area contributed by atoms with Crippen molar-refractivity contribution in [3.63, 3.8) is 0 Å². The van der Waals surface area contributed by atoms with E-state index >= 15 is 0 Å². The number of nitrogens with two attached hydrogens (primary N) is 1. The number of nitrogens with zero attached hydrogens (tertiary/aromatic N) is 1. The van der Waals surface area contributed by atoms with Crippen LogP contribution in [0.5, 0.6) is 0 Å². The van der Waals surface area contributed by atoms with Gasteiger partial charge in [-0.15, -0.1) is 0 Å². The molecule has 1 saturated heterocycles. The Morgan fingerprint density at radius 2 is 2.14 bits per heavy atom. The smallest absolute Gasteiger partial charge is 0.340 e. The molecule has 0 amide bonds. The molecule has 1 aliphatic heterocycles. The Hall–Kier alpha value is -1.71. The highest BCUT2D eigenvalue weighted by molar-refractivity contribution is 5.96. The molecule has 1 fully saturated rings. The quantitative estimate of drug-likeness (QED) is 0.680. The van der Waals surface area contributed by atoms with E-state index in [2.05, 4.69) is 11.8 Å². The van der Waals surface area contributed by atoms with Crippen LogP contribution in [0, 0.1) is 0 Å². The van der Waals surface area contributed by atoms with Crippen LogP contribution in [0.3, 0.4) is 0 Å². The Kier molecular flexibility index (Phi) is 5.48. The van der Waals surface area contributed by atoms with Crippen LogP contribution in [-0.2, 0) is 4.74 Å². The van der Waals surface area contributed by atoms with Crippen LogP contribution >= 0.6 is 0 Å². The zero-order chi connectivity index (χ0) is 15.2. The molecule has 1 atom stereocenters. The van der Waals surface area contributed by atoms with Crippen LogP contribution in [-0.4, -0.2) is 25.2 Å². The van der Waals surface area contributed by atoms with Gasteiger partial charge in [0.05, 0.1) is 12.2 Å². The Morgan fingerprint density at radius 3 is 2.86 bits per heavy atom. The maximum atomic E-state index is 12.0. The van der Waals surface area contributed by atoms with Crippen molar-refractivity contribution in [3.8, 4) is 0 Å². The van der Waals surface area contributed by atoms with Gasteiger partial charge in [-0.05, 0) is 44.4 Å². The van der Waals surface area contributed by atoms with Crippen LogP contribution in [0.4, 0.5) is 11.4 Å². The lowest BCUT2D eigenvalue weighted by molar-refractivity contribution is 0.0527. The number of esters is 1. The lowest BCUT2D eigenvalue weighted by Crippen LogP contribution is -2.34. The maximum absolute atomic E-state index is 12.0. The third-order valence-electron chi connectivity index (χ3n) is 4.21. The first-order chi connectivity index (χ1) is 10.2. The fourth-order valence-electron chi connectivity index (χ4n) is 3.05. The highest BCUT2D eigenvalue weighted by Crippen LogP contribution is 2.28. The fraction of sp³-hybridized carbons (Fsp3) is 0.588. The van der Waals surface area contributed by atoms with Crippen LogP contribution in [0.1, 0.15) is 56.3 Å². The van der Waals surface area contributed by atoms with E-state index < -0.39 is 0 Å². The normalized spacial score (nSPS) is 19.1. The van der Waals surface area contributed by atoms with Crippen molar-refractivity contribution in [3.05, 3.63) is 23.8 Å². The van der Waals surface area contributed by atoms with Gasteiger partial charge in [-0.1, -0.05) is 19.8 Å². The summed E-state index contributed by atoms with van der Waals surface area (Å²) in [6.07, 6.45) is 6.12.